The van der Waals surface area contributed by atoms with Crippen molar-refractivity contribution in [1.82, 2.24) is 9.97 Å². The van der Waals surface area contributed by atoms with E-state index < -0.39 is 0 Å². The van der Waals surface area contributed by atoms with Crippen LogP contribution < -0.4 is 14.5 Å². The number of imidazole rings is 1. The van der Waals surface area contributed by atoms with Gasteiger partial charge in [0.05, 0.1) is 50.0 Å². The Balaban J connectivity index is 1.51. The number of quaternary nitrogens is 1. The van der Waals surface area contributed by atoms with Gasteiger partial charge >= 0.3 is 0 Å². The summed E-state index contributed by atoms with van der Waals surface area (Å²) in [6.45, 7) is 5.35. The molecule has 1 fully saturated rings. The quantitative estimate of drug-likeness (QED) is 0.448. The van der Waals surface area contributed by atoms with E-state index in [1.165, 1.54) is 4.90 Å². The van der Waals surface area contributed by atoms with E-state index in [0.29, 0.717) is 5.82 Å². The highest BCUT2D eigenvalue weighted by Gasteiger charge is 2.30. The molecule has 0 spiro atoms. The van der Waals surface area contributed by atoms with Crippen molar-refractivity contribution in [3.05, 3.63) is 60.1 Å². The molecule has 3 aromatic rings. The fraction of sp³-hybridized carbons (Fsp3) is 0.304. The minimum absolute atomic E-state index is 0.0808. The van der Waals surface area contributed by atoms with Crippen molar-refractivity contribution in [2.75, 3.05) is 38.2 Å². The van der Waals surface area contributed by atoms with Crippen LogP contribution >= 0.6 is 0 Å². The van der Waals surface area contributed by atoms with Gasteiger partial charge in [0.15, 0.2) is 11.6 Å². The van der Waals surface area contributed by atoms with Crippen molar-refractivity contribution in [3.8, 4) is 11.8 Å². The minimum Gasteiger partial charge on any atom is -0.505 e. The summed E-state index contributed by atoms with van der Waals surface area (Å²) >= 11 is 0. The fourth-order valence-corrected chi connectivity index (χ4v) is 4.07. The summed E-state index contributed by atoms with van der Waals surface area (Å²) in [5.41, 5.74) is 2.92. The first kappa shape index (κ1) is 19.8. The number of hydrogen-bond donors (Lipinski definition) is 3. The molecule has 7 heteroatoms. The van der Waals surface area contributed by atoms with E-state index in [1.807, 2.05) is 49.4 Å². The predicted molar refractivity (Wildman–Crippen MR) is 117 cm³/mol. The number of hydrogen-bond acceptors (Lipinski definition) is 5. The van der Waals surface area contributed by atoms with E-state index in [1.54, 1.807) is 7.11 Å². The number of ether oxygens (including phenoxy) is 1. The molecule has 0 saturated carbocycles. The minimum atomic E-state index is -0.201. The van der Waals surface area contributed by atoms with Gasteiger partial charge in [0.2, 0.25) is 0 Å². The van der Waals surface area contributed by atoms with Gasteiger partial charge < -0.3 is 24.6 Å². The second-order valence-electron chi connectivity index (χ2n) is 7.51. The lowest BCUT2D eigenvalue weighted by molar-refractivity contribution is -0.919. The average molecular weight is 404 g/mol. The molecule has 1 aliphatic rings. The summed E-state index contributed by atoms with van der Waals surface area (Å²) in [4.78, 5) is 11.2. The van der Waals surface area contributed by atoms with Crippen LogP contribution in [0.2, 0.25) is 0 Å². The van der Waals surface area contributed by atoms with Crippen LogP contribution in [0.15, 0.2) is 54.3 Å². The summed E-state index contributed by atoms with van der Waals surface area (Å²) in [6.07, 6.45) is 0. The zero-order valence-corrected chi connectivity index (χ0v) is 17.2. The van der Waals surface area contributed by atoms with Crippen molar-refractivity contribution >= 4 is 22.3 Å². The molecule has 4 rings (SSSR count). The molecule has 0 aliphatic carbocycles. The summed E-state index contributed by atoms with van der Waals surface area (Å²) in [6, 6.07) is 17.6. The Morgan fingerprint density at radius 1 is 1.20 bits per heavy atom. The number of H-pyrrole nitrogens is 1. The Bertz CT molecular complexity index is 1070. The maximum atomic E-state index is 10.9. The molecule has 0 bridgehead atoms. The molecule has 2 aromatic carbocycles. The molecule has 0 radical (unpaired) electrons. The number of anilines is 1. The lowest BCUT2D eigenvalue weighted by Crippen LogP contribution is -3.18. The number of piperazine rings is 1. The van der Waals surface area contributed by atoms with Crippen LogP contribution in [0.4, 0.5) is 5.69 Å². The number of nitriles is 1. The number of benzene rings is 2. The van der Waals surface area contributed by atoms with Crippen molar-refractivity contribution in [2.24, 2.45) is 0 Å². The lowest BCUT2D eigenvalue weighted by Gasteiger charge is -2.36. The van der Waals surface area contributed by atoms with Crippen LogP contribution in [0.3, 0.4) is 0 Å². The third-order valence-corrected chi connectivity index (χ3v) is 5.85. The SMILES string of the molecule is COc1ccccc1N1CC[NH+]([C@H](C)/C(O)=C(\C#N)c2nc3ccccc3[nH]2)CC1. The molecule has 1 atom stereocenters. The topological polar surface area (TPSA) is 89.6 Å². The highest BCUT2D eigenvalue weighted by Crippen LogP contribution is 2.27. The molecule has 0 amide bonds. The molecule has 1 aromatic heterocycles. The van der Waals surface area contributed by atoms with Gasteiger partial charge in [0.25, 0.3) is 0 Å². The van der Waals surface area contributed by atoms with E-state index >= 15 is 0 Å². The summed E-state index contributed by atoms with van der Waals surface area (Å²) in [5.74, 6) is 1.36. The zero-order valence-electron chi connectivity index (χ0n) is 17.2. The molecule has 7 nitrogen and oxygen atoms in total. The monoisotopic (exact) mass is 404 g/mol. The molecular weight excluding hydrogens is 378 g/mol. The number of aromatic nitrogens is 2. The Morgan fingerprint density at radius 2 is 1.90 bits per heavy atom. The van der Waals surface area contributed by atoms with Crippen molar-refractivity contribution in [1.29, 1.82) is 5.26 Å². The van der Waals surface area contributed by atoms with Crippen molar-refractivity contribution < 1.29 is 14.7 Å². The number of aromatic amines is 1. The maximum Gasteiger partial charge on any atom is 0.172 e. The van der Waals surface area contributed by atoms with E-state index in [2.05, 4.69) is 27.0 Å². The van der Waals surface area contributed by atoms with E-state index in [-0.39, 0.29) is 17.4 Å². The number of aliphatic hydroxyl groups is 1. The standard InChI is InChI=1S/C23H25N5O2/c1-16(22(29)17(15-24)23-25-18-7-3-4-8-19(18)26-23)27-11-13-28(14-12-27)20-9-5-6-10-21(20)30-2/h3-10,16,29H,11-14H2,1-2H3,(H,25,26)/p+1/b22-17-/t16-/m1/s1. The summed E-state index contributed by atoms with van der Waals surface area (Å²) in [5, 5.41) is 20.6. The number of aliphatic hydroxyl groups excluding tert-OH is 1. The molecule has 1 aliphatic heterocycles. The van der Waals surface area contributed by atoms with Gasteiger partial charge in [-0.15, -0.1) is 0 Å². The largest absolute Gasteiger partial charge is 0.505 e. The summed E-state index contributed by atoms with van der Waals surface area (Å²) < 4.78 is 5.49. The van der Waals surface area contributed by atoms with Gasteiger partial charge in [0, 0.05) is 0 Å². The molecule has 0 unspecified atom stereocenters. The van der Waals surface area contributed by atoms with Gasteiger partial charge in [-0.05, 0) is 31.2 Å². The van der Waals surface area contributed by atoms with E-state index in [4.69, 9.17) is 4.74 Å². The van der Waals surface area contributed by atoms with E-state index in [9.17, 15) is 10.4 Å². The Morgan fingerprint density at radius 3 is 2.60 bits per heavy atom. The van der Waals surface area contributed by atoms with Crippen molar-refractivity contribution in [3.63, 3.8) is 0 Å². The first-order valence-electron chi connectivity index (χ1n) is 10.1. The number of nitrogens with one attached hydrogen (secondary N) is 2. The average Bonchev–Trinajstić information content (AvgIpc) is 3.22. The summed E-state index contributed by atoms with van der Waals surface area (Å²) in [7, 11) is 1.69. The van der Waals surface area contributed by atoms with Gasteiger partial charge in [-0.1, -0.05) is 24.3 Å². The van der Waals surface area contributed by atoms with E-state index in [0.717, 1.165) is 48.6 Å². The zero-order chi connectivity index (χ0) is 21.1. The number of nitrogens with zero attached hydrogens (tertiary/aromatic N) is 3. The van der Waals surface area contributed by atoms with Crippen LogP contribution in [-0.2, 0) is 0 Å². The van der Waals surface area contributed by atoms with Gasteiger partial charge in [-0.3, -0.25) is 0 Å². The van der Waals surface area contributed by atoms with Gasteiger partial charge in [0.1, 0.15) is 23.4 Å². The Hall–Kier alpha value is -3.50. The van der Waals surface area contributed by atoms with Crippen LogP contribution in [-0.4, -0.2) is 54.4 Å². The van der Waals surface area contributed by atoms with Crippen molar-refractivity contribution in [2.45, 2.75) is 13.0 Å². The Labute approximate surface area is 175 Å². The molecular formula is C23H26N5O2+. The highest BCUT2D eigenvalue weighted by molar-refractivity contribution is 5.82. The van der Waals surface area contributed by atoms with Crippen LogP contribution in [0.5, 0.6) is 5.75 Å². The molecule has 2 heterocycles. The third kappa shape index (κ3) is 3.70. The maximum absolute atomic E-state index is 10.9. The molecule has 154 valence electrons. The lowest BCUT2D eigenvalue weighted by atomic mass is 10.1. The van der Waals surface area contributed by atoms with Crippen LogP contribution in [0.25, 0.3) is 16.6 Å². The van der Waals surface area contributed by atoms with Crippen LogP contribution in [0.1, 0.15) is 12.7 Å². The van der Waals surface area contributed by atoms with Gasteiger partial charge in [-0.25, -0.2) is 4.98 Å². The normalized spacial score (nSPS) is 16.8. The number of rotatable bonds is 5. The van der Waals surface area contributed by atoms with Crippen LogP contribution in [0, 0.1) is 11.3 Å². The smallest absolute Gasteiger partial charge is 0.172 e. The Kier molecular flexibility index (Phi) is 5.59. The second-order valence-corrected chi connectivity index (χ2v) is 7.51. The fourth-order valence-electron chi connectivity index (χ4n) is 4.07. The number of methoxy groups -OCH3 is 1. The highest BCUT2D eigenvalue weighted by atomic mass is 16.5. The van der Waals surface area contributed by atoms with Gasteiger partial charge in [-0.2, -0.15) is 5.26 Å². The number of para-hydroxylation sites is 4. The molecule has 1 saturated heterocycles. The molecule has 3 N–H and O–H groups in total. The molecule has 30 heavy (non-hydrogen) atoms. The first-order valence-corrected chi connectivity index (χ1v) is 10.1. The third-order valence-electron chi connectivity index (χ3n) is 5.85. The number of fused-ring (bicyclic) bond motifs is 1. The second kappa shape index (κ2) is 8.47. The predicted octanol–water partition coefficient (Wildman–Crippen LogP) is 2.16. The number of allylic oxidation sites excluding steroid dienone is 1. The first-order chi connectivity index (χ1) is 14.6.